The lowest BCUT2D eigenvalue weighted by Crippen LogP contribution is -2.50. The second-order valence-corrected chi connectivity index (χ2v) is 18.4. The number of nitrogens with zero attached hydrogens (tertiary/aromatic N) is 4. The van der Waals surface area contributed by atoms with Gasteiger partial charge in [0.2, 0.25) is 5.88 Å². The quantitative estimate of drug-likeness (QED) is 0.210. The molecular weight excluding hydrogens is 758 g/mol. The molecule has 1 fully saturated rings. The Morgan fingerprint density at radius 1 is 1.16 bits per heavy atom. The Hall–Kier alpha value is -4.56. The van der Waals surface area contributed by atoms with E-state index in [0.29, 0.717) is 36.9 Å². The van der Waals surface area contributed by atoms with E-state index < -0.39 is 34.0 Å². The number of halogens is 1. The first-order chi connectivity index (χ1) is 26.7. The molecule has 2 bridgehead atoms. The van der Waals surface area contributed by atoms with Crippen molar-refractivity contribution in [1.82, 2.24) is 14.5 Å². The summed E-state index contributed by atoms with van der Waals surface area (Å²) in [5.74, 6) is -1.06. The van der Waals surface area contributed by atoms with Crippen LogP contribution in [0.2, 0.25) is 5.02 Å². The molecule has 56 heavy (non-hydrogen) atoms. The maximum atomic E-state index is 14.7. The number of allylic oxidation sites excluding steroid dienone is 1. The highest BCUT2D eigenvalue weighted by Gasteiger charge is 2.45. The minimum absolute atomic E-state index is 0.00739. The molecule has 1 N–H and O–H groups in total. The van der Waals surface area contributed by atoms with Crippen molar-refractivity contribution in [2.45, 2.75) is 76.9 Å². The number of anilines is 1. The van der Waals surface area contributed by atoms with Crippen molar-refractivity contribution in [3.05, 3.63) is 82.0 Å². The summed E-state index contributed by atoms with van der Waals surface area (Å²) in [6, 6.07) is 11.3. The van der Waals surface area contributed by atoms with Gasteiger partial charge in [-0.2, -0.15) is 0 Å². The van der Waals surface area contributed by atoms with E-state index in [1.165, 1.54) is 29.1 Å². The van der Waals surface area contributed by atoms with Gasteiger partial charge in [-0.15, -0.1) is 9.46 Å². The van der Waals surface area contributed by atoms with Crippen LogP contribution in [0.15, 0.2) is 59.1 Å². The van der Waals surface area contributed by atoms with Gasteiger partial charge in [0.1, 0.15) is 27.3 Å². The van der Waals surface area contributed by atoms with Gasteiger partial charge in [-0.3, -0.25) is 19.0 Å². The third-order valence-electron chi connectivity index (χ3n) is 11.3. The molecule has 1 saturated carbocycles. The van der Waals surface area contributed by atoms with Crippen molar-refractivity contribution in [1.29, 1.82) is 0 Å². The van der Waals surface area contributed by atoms with Crippen LogP contribution in [-0.4, -0.2) is 76.7 Å². The van der Waals surface area contributed by atoms with Gasteiger partial charge in [-0.1, -0.05) is 30.7 Å². The van der Waals surface area contributed by atoms with E-state index in [4.69, 9.17) is 30.5 Å². The summed E-state index contributed by atoms with van der Waals surface area (Å²) in [5, 5.41) is 4.84. The minimum Gasteiger partial charge on any atom is -0.490 e. The van der Waals surface area contributed by atoms with Crippen LogP contribution >= 0.6 is 11.6 Å². The molecule has 0 radical (unpaired) electrons. The fraction of sp³-hybridized carbons (Fsp3) is 0.512. The number of hydrogen-bond donors (Lipinski definition) is 1. The monoisotopic (exact) mass is 807 g/mol. The number of hydrogen-bond acceptors (Lipinski definition) is 10. The Balaban J connectivity index is 1.31. The summed E-state index contributed by atoms with van der Waals surface area (Å²) in [5.41, 5.74) is 3.05. The summed E-state index contributed by atoms with van der Waals surface area (Å²) >= 11 is 6.47. The molecule has 4 aliphatic rings. The van der Waals surface area contributed by atoms with Crippen LogP contribution in [0.5, 0.6) is 11.6 Å². The van der Waals surface area contributed by atoms with Gasteiger partial charge >= 0.3 is 6.16 Å². The van der Waals surface area contributed by atoms with Crippen LogP contribution < -0.4 is 19.1 Å². The van der Waals surface area contributed by atoms with Crippen molar-refractivity contribution in [3.63, 3.8) is 0 Å². The molecule has 2 aromatic carbocycles. The Kier molecular flexibility index (Phi) is 11.4. The molecule has 1 unspecified atom stereocenters. The largest absolute Gasteiger partial charge is 0.509 e. The summed E-state index contributed by atoms with van der Waals surface area (Å²) in [6.45, 7) is 7.08. The van der Waals surface area contributed by atoms with Crippen molar-refractivity contribution in [2.24, 2.45) is 29.2 Å². The fourth-order valence-electron chi connectivity index (χ4n) is 8.55. The zero-order valence-electron chi connectivity index (χ0n) is 32.5. The summed E-state index contributed by atoms with van der Waals surface area (Å²) in [7, 11) is -0.677. The highest BCUT2D eigenvalue weighted by Crippen LogP contribution is 2.47. The van der Waals surface area contributed by atoms with E-state index in [0.717, 1.165) is 37.8 Å². The number of ether oxygens (including phenoxy) is 4. The van der Waals surface area contributed by atoms with E-state index in [9.17, 15) is 18.6 Å². The van der Waals surface area contributed by atoms with Gasteiger partial charge in [0.25, 0.3) is 11.8 Å². The molecule has 1 spiro atoms. The highest BCUT2D eigenvalue weighted by molar-refractivity contribution is 7.92. The van der Waals surface area contributed by atoms with Gasteiger partial charge in [0, 0.05) is 48.3 Å². The average molecular weight is 808 g/mol. The Bertz CT molecular complexity index is 2160. The molecule has 2 amide bonds. The van der Waals surface area contributed by atoms with Crippen molar-refractivity contribution in [2.75, 3.05) is 37.5 Å². The first kappa shape index (κ1) is 39.7. The molecule has 1 aromatic heterocycles. The molecule has 2 aliphatic heterocycles. The van der Waals surface area contributed by atoms with Crippen molar-refractivity contribution >= 4 is 45.2 Å². The van der Waals surface area contributed by atoms with Crippen LogP contribution in [0.1, 0.15) is 84.7 Å². The molecule has 7 rings (SSSR count). The molecule has 13 nitrogen and oxygen atoms in total. The second kappa shape index (κ2) is 16.1. The first-order valence-electron chi connectivity index (χ1n) is 19.3. The average Bonchev–Trinajstić information content (AvgIpc) is 3.44. The third kappa shape index (κ3) is 8.41. The molecule has 300 valence electrons. The van der Waals surface area contributed by atoms with E-state index >= 15 is 0 Å². The topological polar surface area (TPSA) is 151 Å². The molecule has 3 heterocycles. The lowest BCUT2D eigenvalue weighted by molar-refractivity contribution is -0.0242. The predicted molar refractivity (Wildman–Crippen MR) is 213 cm³/mol. The number of carbonyl (C=O) groups is 3. The molecular formula is C41H50ClN5O8S. The summed E-state index contributed by atoms with van der Waals surface area (Å²) < 4.78 is 46.3. The Labute approximate surface area is 333 Å². The number of carbonyl (C=O) groups excluding carboxylic acids is 3. The second-order valence-electron chi connectivity index (χ2n) is 15.9. The minimum atomic E-state index is -3.69. The number of aromatic nitrogens is 2. The Morgan fingerprint density at radius 3 is 2.73 bits per heavy atom. The zero-order valence-corrected chi connectivity index (χ0v) is 34.1. The molecule has 0 saturated heterocycles. The number of nitrogens with one attached hydrogen (secondary N) is 1. The smallest absolute Gasteiger partial charge is 0.490 e. The number of rotatable bonds is 5. The van der Waals surface area contributed by atoms with Gasteiger partial charge in [0.05, 0.1) is 31.3 Å². The van der Waals surface area contributed by atoms with E-state index in [-0.39, 0.29) is 52.0 Å². The van der Waals surface area contributed by atoms with Gasteiger partial charge in [-0.05, 0) is 112 Å². The summed E-state index contributed by atoms with van der Waals surface area (Å²) in [4.78, 5) is 42.9. The van der Waals surface area contributed by atoms with Crippen LogP contribution in [0.25, 0.3) is 0 Å². The molecule has 15 heteroatoms. The lowest BCUT2D eigenvalue weighted by Gasteiger charge is -2.45. The van der Waals surface area contributed by atoms with Crippen molar-refractivity contribution < 1.29 is 37.5 Å². The maximum absolute atomic E-state index is 14.7. The zero-order chi connectivity index (χ0) is 39.8. The molecule has 2 aliphatic carbocycles. The number of methoxy groups -OCH3 is 1. The van der Waals surface area contributed by atoms with Gasteiger partial charge in [0.15, 0.2) is 0 Å². The van der Waals surface area contributed by atoms with E-state index in [1.54, 1.807) is 39.1 Å². The van der Waals surface area contributed by atoms with Gasteiger partial charge < -0.3 is 23.8 Å². The Morgan fingerprint density at radius 2 is 1.98 bits per heavy atom. The molecule has 3 aromatic rings. The standard InChI is InChI=1S/C41H50ClN5O8S/c1-25(2)54-40(50)55-35-10-6-8-26(3)22-56(51,45-38(49)32-21-46(4)43-39(32)52-5)44-37(48)28-12-16-36-34(19-28)47(20-29-11-14-31(29)35)23-41(24-53-36)17-7-9-27-18-30(42)13-15-33(27)41/h6,10,12-13,15-16,18-19,21,25-26,29,31,35H,7-9,11,14,17,20,22-24H2,1-5H3,(H,44,45,48,49,51)/b10-6+/t26-,29-,31+,35-,41-,56?/m0/s1. The SMILES string of the molecule is COc1nn(C)cc1C(=O)NS1(=O)=NC(=O)c2ccc3c(c2)N(C[C@@H]2CC[C@H]2[C@@H](OC(=O)OC(C)C)/C=C/C[C@H](C)C1)C[C@@]1(CCCc2cc(Cl)ccc21)CO3. The van der Waals surface area contributed by atoms with Crippen LogP contribution in [0.3, 0.4) is 0 Å². The van der Waals surface area contributed by atoms with Gasteiger partial charge in [-0.25, -0.2) is 9.00 Å². The molecule has 6 atom stereocenters. The fourth-order valence-corrected chi connectivity index (χ4v) is 10.6. The number of benzene rings is 2. The maximum Gasteiger partial charge on any atom is 0.509 e. The van der Waals surface area contributed by atoms with Crippen LogP contribution in [-0.2, 0) is 38.3 Å². The van der Waals surface area contributed by atoms with Crippen LogP contribution in [0, 0.1) is 17.8 Å². The van der Waals surface area contributed by atoms with Crippen molar-refractivity contribution in [3.8, 4) is 11.6 Å². The number of fused-ring (bicyclic) bond motifs is 4. The number of amides is 2. The third-order valence-corrected chi connectivity index (χ3v) is 13.5. The number of aryl methyl sites for hydroxylation is 2. The van der Waals surface area contributed by atoms with E-state index in [1.807, 2.05) is 25.1 Å². The highest BCUT2D eigenvalue weighted by atomic mass is 35.5. The van der Waals surface area contributed by atoms with E-state index in [2.05, 4.69) is 31.2 Å². The lowest BCUT2D eigenvalue weighted by atomic mass is 9.68. The first-order valence-corrected chi connectivity index (χ1v) is 21.3. The predicted octanol–water partition coefficient (Wildman–Crippen LogP) is 7.06. The van der Waals surface area contributed by atoms with Crippen LogP contribution in [0.4, 0.5) is 10.5 Å². The summed E-state index contributed by atoms with van der Waals surface area (Å²) in [6.07, 6.45) is 8.61. The normalized spacial score (nSPS) is 28.1.